The first-order valence-electron chi connectivity index (χ1n) is 9.64. The number of amides is 3. The van der Waals surface area contributed by atoms with Crippen LogP contribution in [0.1, 0.15) is 42.6 Å². The molecule has 2 saturated heterocycles. The molecule has 0 bridgehead atoms. The van der Waals surface area contributed by atoms with Crippen molar-refractivity contribution in [2.75, 3.05) is 32.7 Å². The molecular weight excluding hydrogens is 332 g/mol. The molecule has 7 heteroatoms. The largest absolute Gasteiger partial charge is 0.357 e. The number of H-pyrrole nitrogens is 1. The number of carbonyl (C=O) groups excluding carboxylic acids is 3. The number of rotatable bonds is 3. The van der Waals surface area contributed by atoms with E-state index in [1.807, 2.05) is 9.80 Å². The van der Waals surface area contributed by atoms with Crippen LogP contribution in [0.4, 0.5) is 0 Å². The van der Waals surface area contributed by atoms with E-state index in [0.717, 1.165) is 12.8 Å². The van der Waals surface area contributed by atoms with Crippen LogP contribution in [0.2, 0.25) is 0 Å². The predicted molar refractivity (Wildman–Crippen MR) is 95.4 cm³/mol. The second-order valence-corrected chi connectivity index (χ2v) is 7.59. The van der Waals surface area contributed by atoms with Gasteiger partial charge in [-0.25, -0.2) is 0 Å². The van der Waals surface area contributed by atoms with Crippen LogP contribution in [0.5, 0.6) is 0 Å². The Morgan fingerprint density at radius 2 is 1.73 bits per heavy atom. The molecule has 0 radical (unpaired) electrons. The smallest absolute Gasteiger partial charge is 0.270 e. The summed E-state index contributed by atoms with van der Waals surface area (Å²) in [7, 11) is 0. The summed E-state index contributed by atoms with van der Waals surface area (Å²) in [5.74, 6) is -0.0269. The summed E-state index contributed by atoms with van der Waals surface area (Å²) in [6, 6.07) is 3.91. The highest BCUT2D eigenvalue weighted by Crippen LogP contribution is 2.30. The Hall–Kier alpha value is -2.31. The average Bonchev–Trinajstić information content (AvgIpc) is 3.41. The molecule has 0 unspecified atom stereocenters. The first-order valence-corrected chi connectivity index (χ1v) is 9.64. The van der Waals surface area contributed by atoms with Gasteiger partial charge >= 0.3 is 0 Å². The average molecular weight is 358 g/mol. The molecule has 26 heavy (non-hydrogen) atoms. The maximum absolute atomic E-state index is 12.8. The quantitative estimate of drug-likeness (QED) is 0.879. The lowest BCUT2D eigenvalue weighted by molar-refractivity contribution is -0.137. The topological polar surface area (TPSA) is 76.7 Å². The zero-order chi connectivity index (χ0) is 18.1. The number of likely N-dealkylation sites (tertiary alicyclic amines) is 1. The number of hydrogen-bond acceptors (Lipinski definition) is 3. The monoisotopic (exact) mass is 358 g/mol. The second-order valence-electron chi connectivity index (χ2n) is 7.59. The SMILES string of the molecule is O=C(c1ccc[nH]1)N1CCN(C(=O)[C@H]2CC(=O)N(C3CCCC3)C2)CC1. The number of carbonyl (C=O) groups is 3. The molecule has 1 saturated carbocycles. The molecule has 4 rings (SSSR count). The first kappa shape index (κ1) is 17.1. The molecule has 1 aromatic heterocycles. The number of hydrogen-bond donors (Lipinski definition) is 1. The fraction of sp³-hybridized carbons (Fsp3) is 0.632. The van der Waals surface area contributed by atoms with Gasteiger partial charge in [0.15, 0.2) is 0 Å². The molecule has 1 atom stereocenters. The van der Waals surface area contributed by atoms with E-state index >= 15 is 0 Å². The first-order chi connectivity index (χ1) is 12.6. The van der Waals surface area contributed by atoms with Gasteiger partial charge in [0.05, 0.1) is 5.92 Å². The Labute approximate surface area is 153 Å². The van der Waals surface area contributed by atoms with E-state index < -0.39 is 0 Å². The second kappa shape index (κ2) is 7.13. The maximum Gasteiger partial charge on any atom is 0.270 e. The summed E-state index contributed by atoms with van der Waals surface area (Å²) in [6.07, 6.45) is 6.60. The van der Waals surface area contributed by atoms with Crippen molar-refractivity contribution in [3.63, 3.8) is 0 Å². The molecule has 1 N–H and O–H groups in total. The minimum Gasteiger partial charge on any atom is -0.357 e. The van der Waals surface area contributed by atoms with Crippen LogP contribution < -0.4 is 0 Å². The summed E-state index contributed by atoms with van der Waals surface area (Å²) < 4.78 is 0. The van der Waals surface area contributed by atoms with Gasteiger partial charge in [0.1, 0.15) is 5.69 Å². The van der Waals surface area contributed by atoms with Gasteiger partial charge in [-0.1, -0.05) is 12.8 Å². The van der Waals surface area contributed by atoms with Crippen LogP contribution in [0.3, 0.4) is 0 Å². The van der Waals surface area contributed by atoms with E-state index in [2.05, 4.69) is 4.98 Å². The molecule has 3 amide bonds. The molecule has 0 aromatic carbocycles. The summed E-state index contributed by atoms with van der Waals surface area (Å²) in [5.41, 5.74) is 0.582. The minimum absolute atomic E-state index is 0.0226. The molecule has 3 fully saturated rings. The lowest BCUT2D eigenvalue weighted by atomic mass is 10.1. The molecule has 3 aliphatic rings. The molecule has 1 aromatic rings. The van der Waals surface area contributed by atoms with Gasteiger partial charge in [0, 0.05) is 51.4 Å². The van der Waals surface area contributed by atoms with E-state index in [4.69, 9.17) is 0 Å². The fourth-order valence-corrected chi connectivity index (χ4v) is 4.49. The van der Waals surface area contributed by atoms with Gasteiger partial charge in [-0.05, 0) is 25.0 Å². The highest BCUT2D eigenvalue weighted by molar-refractivity contribution is 5.93. The summed E-state index contributed by atoms with van der Waals surface area (Å²) in [6.45, 7) is 2.73. The van der Waals surface area contributed by atoms with Crippen molar-refractivity contribution in [1.82, 2.24) is 19.7 Å². The van der Waals surface area contributed by atoms with Crippen LogP contribution >= 0.6 is 0 Å². The van der Waals surface area contributed by atoms with Crippen LogP contribution in [-0.2, 0) is 9.59 Å². The lowest BCUT2D eigenvalue weighted by Gasteiger charge is -2.35. The van der Waals surface area contributed by atoms with E-state index in [0.29, 0.717) is 50.9 Å². The summed E-state index contributed by atoms with van der Waals surface area (Å²) in [5, 5.41) is 0. The van der Waals surface area contributed by atoms with Crippen molar-refractivity contribution in [3.05, 3.63) is 24.0 Å². The molecule has 2 aliphatic heterocycles. The van der Waals surface area contributed by atoms with Crippen LogP contribution in [0.25, 0.3) is 0 Å². The minimum atomic E-state index is -0.214. The third-order valence-electron chi connectivity index (χ3n) is 5.98. The molecule has 3 heterocycles. The number of nitrogens with one attached hydrogen (secondary N) is 1. The van der Waals surface area contributed by atoms with Crippen molar-refractivity contribution in [2.24, 2.45) is 5.92 Å². The Morgan fingerprint density at radius 1 is 1.04 bits per heavy atom. The summed E-state index contributed by atoms with van der Waals surface area (Å²) in [4.78, 5) is 46.0. The third kappa shape index (κ3) is 3.22. The van der Waals surface area contributed by atoms with E-state index in [-0.39, 0.29) is 23.6 Å². The number of aromatic nitrogens is 1. The van der Waals surface area contributed by atoms with E-state index in [1.54, 1.807) is 23.2 Å². The number of nitrogens with zero attached hydrogens (tertiary/aromatic N) is 3. The highest BCUT2D eigenvalue weighted by Gasteiger charge is 2.40. The number of aromatic amines is 1. The third-order valence-corrected chi connectivity index (χ3v) is 5.98. The lowest BCUT2D eigenvalue weighted by Crippen LogP contribution is -2.52. The Kier molecular flexibility index (Phi) is 4.70. The van der Waals surface area contributed by atoms with Crippen molar-refractivity contribution in [3.8, 4) is 0 Å². The highest BCUT2D eigenvalue weighted by atomic mass is 16.2. The zero-order valence-electron chi connectivity index (χ0n) is 15.0. The number of piperazine rings is 1. The van der Waals surface area contributed by atoms with Crippen molar-refractivity contribution in [2.45, 2.75) is 38.1 Å². The molecule has 140 valence electrons. The van der Waals surface area contributed by atoms with Gasteiger partial charge in [-0.15, -0.1) is 0 Å². The van der Waals surface area contributed by atoms with Crippen molar-refractivity contribution in [1.29, 1.82) is 0 Å². The van der Waals surface area contributed by atoms with E-state index in [1.165, 1.54) is 12.8 Å². The van der Waals surface area contributed by atoms with Crippen LogP contribution in [0, 0.1) is 5.92 Å². The normalized spacial score (nSPS) is 24.5. The molecule has 0 spiro atoms. The van der Waals surface area contributed by atoms with Crippen molar-refractivity contribution >= 4 is 17.7 Å². The Bertz CT molecular complexity index is 673. The standard InChI is InChI=1S/C19H26N4O3/c24-17-12-14(13-23(17)15-4-1-2-5-15)18(25)21-8-10-22(11-9-21)19(26)16-6-3-7-20-16/h3,6-7,14-15,20H,1-2,4-5,8-13H2/t14-/m0/s1. The Balaban J connectivity index is 1.31. The van der Waals surface area contributed by atoms with Gasteiger partial charge in [0.2, 0.25) is 11.8 Å². The molecule has 1 aliphatic carbocycles. The fourth-order valence-electron chi connectivity index (χ4n) is 4.49. The molecular formula is C19H26N4O3. The maximum atomic E-state index is 12.8. The van der Waals surface area contributed by atoms with Gasteiger partial charge in [-0.3, -0.25) is 14.4 Å². The van der Waals surface area contributed by atoms with Crippen LogP contribution in [-0.4, -0.2) is 76.2 Å². The summed E-state index contributed by atoms with van der Waals surface area (Å²) >= 11 is 0. The van der Waals surface area contributed by atoms with Gasteiger partial charge in [0.25, 0.3) is 5.91 Å². The molecule has 7 nitrogen and oxygen atoms in total. The zero-order valence-corrected chi connectivity index (χ0v) is 15.0. The van der Waals surface area contributed by atoms with E-state index in [9.17, 15) is 14.4 Å². The van der Waals surface area contributed by atoms with Gasteiger partial charge in [-0.2, -0.15) is 0 Å². The predicted octanol–water partition coefficient (Wildman–Crippen LogP) is 1.09. The van der Waals surface area contributed by atoms with Crippen molar-refractivity contribution < 1.29 is 14.4 Å². The Morgan fingerprint density at radius 3 is 2.38 bits per heavy atom. The van der Waals surface area contributed by atoms with Crippen LogP contribution in [0.15, 0.2) is 18.3 Å². The van der Waals surface area contributed by atoms with Gasteiger partial charge < -0.3 is 19.7 Å².